The van der Waals surface area contributed by atoms with Crippen LogP contribution in [0.5, 0.6) is 0 Å². The van der Waals surface area contributed by atoms with Gasteiger partial charge in [-0.25, -0.2) is 4.79 Å². The van der Waals surface area contributed by atoms with Gasteiger partial charge in [0.05, 0.1) is 19.4 Å². The largest absolute Gasteiger partial charge is 0.481 e. The number of carbonyl (C=O) groups is 12. The molecule has 1 aromatic carbocycles. The first-order chi connectivity index (χ1) is 34.2. The van der Waals surface area contributed by atoms with Gasteiger partial charge < -0.3 is 74.6 Å². The quantitative estimate of drug-likeness (QED) is 0.0364. The van der Waals surface area contributed by atoms with E-state index >= 15 is 0 Å². The molecular weight excluding hydrogens is 1030 g/mol. The molecule has 9 amide bonds. The van der Waals surface area contributed by atoms with E-state index in [4.69, 9.17) is 11.5 Å². The average Bonchev–Trinajstić information content (AvgIpc) is 3.31. The standard InChI is InChI=1S/C41H58N12O15S4/c1-2-7-29(54)47-25-16-69-72-19-28(40(67)68)53-34(61)22(12-20-8-4-3-5-9-20)49-39(66)27-18-71-70-17-26(52-36(63)24(14-32(58)59)50-37(25)64)38(65)48-21(10-6-11-44-41(42)43)33(60)45-15-30(55)46-23(13-31(56)57)35(62)51-27/h3-5,8-9,21-28H,2,6-7,10-19H2,1H3,(H,45,60)(H,46,55)(H,47,54)(H,48,65)(H,49,66)(H,50,64)(H,51,62)(H,52,63)(H,53,61)(H,56,57)(H,58,59)(H,67,68)(H4,42,43,44)/t21-,22-,23-,24-,25-,26-,27-,28-/m0/s1. The second-order valence-corrected chi connectivity index (χ2v) is 21.0. The summed E-state index contributed by atoms with van der Waals surface area (Å²) in [6.45, 7) is 0.798. The number of nitrogens with two attached hydrogens (primary N) is 2. The van der Waals surface area contributed by atoms with Gasteiger partial charge in [0.2, 0.25) is 53.2 Å². The molecule has 0 aliphatic carbocycles. The van der Waals surface area contributed by atoms with Crippen LogP contribution < -0.4 is 59.3 Å². The summed E-state index contributed by atoms with van der Waals surface area (Å²) in [4.78, 5) is 164. The fraction of sp³-hybridized carbons (Fsp3) is 0.537. The van der Waals surface area contributed by atoms with Crippen LogP contribution in [0.2, 0.25) is 0 Å². The number of nitrogens with zero attached hydrogens (tertiary/aromatic N) is 1. The van der Waals surface area contributed by atoms with Crippen LogP contribution in [0.15, 0.2) is 35.3 Å². The van der Waals surface area contributed by atoms with Crippen molar-refractivity contribution in [2.75, 3.05) is 36.1 Å². The minimum Gasteiger partial charge on any atom is -0.481 e. The first kappa shape index (κ1) is 59.8. The number of nitrogens with one attached hydrogen (secondary N) is 9. The van der Waals surface area contributed by atoms with E-state index in [0.717, 1.165) is 43.2 Å². The molecule has 72 heavy (non-hydrogen) atoms. The lowest BCUT2D eigenvalue weighted by molar-refractivity contribution is -0.142. The SMILES string of the molecule is CCCC(=O)N[C@H]1CSSC[C@@H](C(=O)O)NC(=O)[C@H](Cc2ccccc2)NC(=O)[C@@H]2CSSC[C@H](NC(=O)[C@H](CC(=O)O)NC1=O)C(=O)N[C@@H](CCCN=C(N)N)C(=O)NCC(=O)N[C@@H](CC(=O)O)C(=O)N2. The fourth-order valence-corrected chi connectivity index (χ4v) is 11.1. The van der Waals surface area contributed by atoms with Gasteiger partial charge in [0.1, 0.15) is 48.3 Å². The van der Waals surface area contributed by atoms with Gasteiger partial charge in [-0.15, -0.1) is 0 Å². The van der Waals surface area contributed by atoms with E-state index in [2.05, 4.69) is 52.8 Å². The number of carboxylic acids is 3. The van der Waals surface area contributed by atoms with Crippen molar-refractivity contribution in [3.8, 4) is 0 Å². The summed E-state index contributed by atoms with van der Waals surface area (Å²) in [7, 11) is 3.38. The first-order valence-corrected chi connectivity index (χ1v) is 27.1. The van der Waals surface area contributed by atoms with Crippen molar-refractivity contribution in [1.29, 1.82) is 0 Å². The number of carbonyl (C=O) groups excluding carboxylic acids is 9. The second-order valence-electron chi connectivity index (χ2n) is 15.9. The molecule has 2 heterocycles. The fourth-order valence-electron chi connectivity index (χ4n) is 6.45. The zero-order valence-corrected chi connectivity index (χ0v) is 41.9. The van der Waals surface area contributed by atoms with Gasteiger partial charge in [-0.1, -0.05) is 80.4 Å². The normalized spacial score (nSPS) is 24.9. The van der Waals surface area contributed by atoms with E-state index in [0.29, 0.717) is 12.0 Å². The number of guanidine groups is 1. The number of fused-ring (bicyclic) bond motifs is 5. The van der Waals surface area contributed by atoms with Crippen LogP contribution in [0, 0.1) is 0 Å². The summed E-state index contributed by atoms with van der Waals surface area (Å²) in [5, 5.41) is 51.1. The molecule has 396 valence electrons. The minimum absolute atomic E-state index is 0.0238. The Labute approximate surface area is 427 Å². The number of hydrogen-bond donors (Lipinski definition) is 14. The van der Waals surface area contributed by atoms with Crippen molar-refractivity contribution >= 4 is 120 Å². The minimum atomic E-state index is -1.89. The van der Waals surface area contributed by atoms with Gasteiger partial charge >= 0.3 is 17.9 Å². The number of carboxylic acid groups (broad SMARTS) is 3. The lowest BCUT2D eigenvalue weighted by Crippen LogP contribution is -2.59. The van der Waals surface area contributed by atoms with E-state index in [9.17, 15) is 72.9 Å². The molecule has 16 N–H and O–H groups in total. The van der Waals surface area contributed by atoms with Crippen molar-refractivity contribution in [2.24, 2.45) is 16.5 Å². The Bertz CT molecular complexity index is 2180. The molecule has 0 radical (unpaired) electrons. The van der Waals surface area contributed by atoms with E-state index in [-0.39, 0.29) is 49.7 Å². The Balaban J connectivity index is 2.20. The zero-order valence-electron chi connectivity index (χ0n) is 38.7. The summed E-state index contributed by atoms with van der Waals surface area (Å²) < 4.78 is 0. The van der Waals surface area contributed by atoms with Crippen LogP contribution in [0.1, 0.15) is 51.0 Å². The molecule has 3 rings (SSSR count). The maximum Gasteiger partial charge on any atom is 0.327 e. The van der Waals surface area contributed by atoms with Crippen molar-refractivity contribution in [2.45, 2.75) is 100 Å². The highest BCUT2D eigenvalue weighted by molar-refractivity contribution is 8.77. The maximum atomic E-state index is 14.3. The van der Waals surface area contributed by atoms with Crippen LogP contribution in [0.25, 0.3) is 0 Å². The van der Waals surface area contributed by atoms with Gasteiger partial charge in [0.25, 0.3) is 0 Å². The van der Waals surface area contributed by atoms with Crippen LogP contribution in [-0.4, -0.2) is 177 Å². The molecule has 31 heteroatoms. The molecule has 2 aliphatic heterocycles. The van der Waals surface area contributed by atoms with E-state index in [1.165, 1.54) is 0 Å². The predicted molar refractivity (Wildman–Crippen MR) is 265 cm³/mol. The summed E-state index contributed by atoms with van der Waals surface area (Å²) >= 11 is 0. The number of aliphatic carboxylic acids is 3. The van der Waals surface area contributed by atoms with Gasteiger partial charge in [-0.05, 0) is 24.8 Å². The molecule has 2 fully saturated rings. The average molecular weight is 1090 g/mol. The Kier molecular flexibility index (Phi) is 25.8. The van der Waals surface area contributed by atoms with Crippen molar-refractivity contribution in [1.82, 2.24) is 47.9 Å². The number of amides is 9. The molecular formula is C41H58N12O15S4. The smallest absolute Gasteiger partial charge is 0.327 e. The maximum absolute atomic E-state index is 14.3. The summed E-state index contributed by atoms with van der Waals surface area (Å²) in [6.07, 6.45) is -2.00. The Hall–Kier alpha value is -6.47. The van der Waals surface area contributed by atoms with Gasteiger partial charge in [-0.3, -0.25) is 57.7 Å². The monoisotopic (exact) mass is 1090 g/mol. The van der Waals surface area contributed by atoms with Gasteiger partial charge in [-0.2, -0.15) is 0 Å². The molecule has 2 saturated heterocycles. The summed E-state index contributed by atoms with van der Waals surface area (Å²) in [6, 6.07) is -4.80. The molecule has 0 unspecified atom stereocenters. The summed E-state index contributed by atoms with van der Waals surface area (Å²) in [5.41, 5.74) is 11.4. The molecule has 0 saturated carbocycles. The molecule has 2 bridgehead atoms. The summed E-state index contributed by atoms with van der Waals surface area (Å²) in [5.74, 6) is -15.4. The third-order valence-corrected chi connectivity index (χ3v) is 14.9. The molecule has 1 aromatic rings. The topological polar surface area (TPSA) is 438 Å². The number of rotatable bonds is 14. The lowest BCUT2D eigenvalue weighted by atomic mass is 10.0. The van der Waals surface area contributed by atoms with Crippen molar-refractivity contribution in [3.63, 3.8) is 0 Å². The number of benzene rings is 1. The number of aliphatic imine (C=N–C) groups is 1. The van der Waals surface area contributed by atoms with Crippen molar-refractivity contribution < 1.29 is 72.9 Å². The molecule has 0 aromatic heterocycles. The predicted octanol–water partition coefficient (Wildman–Crippen LogP) is -4.10. The molecule has 2 aliphatic rings. The third kappa shape index (κ3) is 21.9. The van der Waals surface area contributed by atoms with Crippen LogP contribution >= 0.6 is 43.2 Å². The van der Waals surface area contributed by atoms with Crippen LogP contribution in [0.4, 0.5) is 0 Å². The highest BCUT2D eigenvalue weighted by Crippen LogP contribution is 2.25. The zero-order chi connectivity index (χ0) is 53.3. The molecule has 8 atom stereocenters. The van der Waals surface area contributed by atoms with Gasteiger partial charge in [0.15, 0.2) is 5.96 Å². The molecule has 0 spiro atoms. The van der Waals surface area contributed by atoms with Gasteiger partial charge in [0, 0.05) is 42.4 Å². The van der Waals surface area contributed by atoms with Crippen LogP contribution in [-0.2, 0) is 64.0 Å². The highest BCUT2D eigenvalue weighted by Gasteiger charge is 2.36. The Morgan fingerprint density at radius 1 is 0.639 bits per heavy atom. The third-order valence-electron chi connectivity index (χ3n) is 10.1. The van der Waals surface area contributed by atoms with E-state index < -0.39 is 150 Å². The van der Waals surface area contributed by atoms with E-state index in [1.54, 1.807) is 37.3 Å². The second kappa shape index (κ2) is 31.1. The highest BCUT2D eigenvalue weighted by atomic mass is 33.1. The first-order valence-electron chi connectivity index (χ1n) is 22.1. The van der Waals surface area contributed by atoms with E-state index in [1.807, 2.05) is 0 Å². The number of hydrogen-bond acceptors (Lipinski definition) is 17. The van der Waals surface area contributed by atoms with Crippen molar-refractivity contribution in [3.05, 3.63) is 35.9 Å². The molecule has 27 nitrogen and oxygen atoms in total. The Morgan fingerprint density at radius 3 is 1.72 bits per heavy atom. The van der Waals surface area contributed by atoms with Crippen LogP contribution in [0.3, 0.4) is 0 Å². The Morgan fingerprint density at radius 2 is 1.17 bits per heavy atom. The lowest BCUT2D eigenvalue weighted by Gasteiger charge is -2.27.